The molecule has 2 aromatic heterocycles. The Hall–Kier alpha value is -2.95. The summed E-state index contributed by atoms with van der Waals surface area (Å²) in [5, 5.41) is 17.1. The number of ether oxygens (including phenoxy) is 2. The fourth-order valence-corrected chi connectivity index (χ4v) is 3.47. The number of nitriles is 1. The van der Waals surface area contributed by atoms with Gasteiger partial charge in [0, 0.05) is 7.05 Å². The number of rotatable bonds is 5. The van der Waals surface area contributed by atoms with Crippen LogP contribution in [0.15, 0.2) is 12.1 Å². The lowest BCUT2D eigenvalue weighted by atomic mass is 9.87. The molecule has 0 unspecified atom stereocenters. The number of aryl methyl sites for hydroxylation is 2. The molecule has 2 heterocycles. The van der Waals surface area contributed by atoms with Crippen LogP contribution in [0.5, 0.6) is 5.75 Å². The second kappa shape index (κ2) is 8.16. The average Bonchev–Trinajstić information content (AvgIpc) is 3.04. The number of pyridine rings is 1. The van der Waals surface area contributed by atoms with Crippen LogP contribution in [0.2, 0.25) is 0 Å². The third kappa shape index (κ3) is 4.08. The number of aromatic nitrogens is 4. The van der Waals surface area contributed by atoms with Gasteiger partial charge in [-0.05, 0) is 44.7 Å². The van der Waals surface area contributed by atoms with Crippen LogP contribution < -0.4 is 4.74 Å². The van der Waals surface area contributed by atoms with Crippen LogP contribution in [0.4, 0.5) is 0 Å². The van der Waals surface area contributed by atoms with Crippen molar-refractivity contribution in [2.75, 3.05) is 7.11 Å². The van der Waals surface area contributed by atoms with Crippen molar-refractivity contribution in [3.8, 4) is 23.2 Å². The van der Waals surface area contributed by atoms with Crippen LogP contribution in [0, 0.1) is 24.2 Å². The molecule has 8 nitrogen and oxygen atoms in total. The molecule has 0 aliphatic heterocycles. The van der Waals surface area contributed by atoms with Crippen molar-refractivity contribution in [3.05, 3.63) is 23.5 Å². The van der Waals surface area contributed by atoms with E-state index in [0.717, 1.165) is 30.7 Å². The van der Waals surface area contributed by atoms with Gasteiger partial charge in [0.05, 0.1) is 48.7 Å². The van der Waals surface area contributed by atoms with Crippen molar-refractivity contribution in [1.82, 2.24) is 20.0 Å². The molecular formula is C19H23N5O3. The van der Waals surface area contributed by atoms with Crippen molar-refractivity contribution in [1.29, 1.82) is 5.26 Å². The summed E-state index contributed by atoms with van der Waals surface area (Å²) in [6, 6.07) is 5.82. The number of hydrogen-bond donors (Lipinski definition) is 0. The first-order valence-corrected chi connectivity index (χ1v) is 9.01. The van der Waals surface area contributed by atoms with E-state index in [1.807, 2.05) is 19.1 Å². The zero-order chi connectivity index (χ0) is 19.4. The van der Waals surface area contributed by atoms with Gasteiger partial charge in [0.15, 0.2) is 0 Å². The Morgan fingerprint density at radius 2 is 2.22 bits per heavy atom. The van der Waals surface area contributed by atoms with Gasteiger partial charge in [-0.2, -0.15) is 5.26 Å². The van der Waals surface area contributed by atoms with E-state index in [0.29, 0.717) is 23.6 Å². The van der Waals surface area contributed by atoms with Gasteiger partial charge in [-0.25, -0.2) is 4.98 Å². The van der Waals surface area contributed by atoms with Gasteiger partial charge in [0.1, 0.15) is 11.4 Å². The Balaban J connectivity index is 1.76. The lowest BCUT2D eigenvalue weighted by Crippen LogP contribution is -2.30. The van der Waals surface area contributed by atoms with Gasteiger partial charge in [0.25, 0.3) is 0 Å². The molecule has 0 saturated heterocycles. The summed E-state index contributed by atoms with van der Waals surface area (Å²) < 4.78 is 12.6. The van der Waals surface area contributed by atoms with Crippen LogP contribution in [-0.4, -0.2) is 39.2 Å². The highest BCUT2D eigenvalue weighted by atomic mass is 16.5. The van der Waals surface area contributed by atoms with Crippen molar-refractivity contribution < 1.29 is 14.3 Å². The summed E-state index contributed by atoms with van der Waals surface area (Å²) in [6.07, 6.45) is 3.54. The number of methoxy groups -OCH3 is 1. The van der Waals surface area contributed by atoms with E-state index < -0.39 is 0 Å². The van der Waals surface area contributed by atoms with Gasteiger partial charge >= 0.3 is 5.97 Å². The second-order valence-electron chi connectivity index (χ2n) is 6.75. The molecule has 142 valence electrons. The minimum atomic E-state index is -0.166. The van der Waals surface area contributed by atoms with Crippen molar-refractivity contribution in [2.24, 2.45) is 13.0 Å². The van der Waals surface area contributed by atoms with Gasteiger partial charge in [-0.3, -0.25) is 9.48 Å². The Kier molecular flexibility index (Phi) is 5.69. The highest BCUT2D eigenvalue weighted by Crippen LogP contribution is 2.30. The SMILES string of the molecule is COC(=O)[C@H]1CCC[C@H](Oc2ccc(-c3nnn(C)c3CC#N)nc2C)C1. The highest BCUT2D eigenvalue weighted by molar-refractivity contribution is 5.72. The van der Waals surface area contributed by atoms with Gasteiger partial charge in [0.2, 0.25) is 0 Å². The first-order valence-electron chi connectivity index (χ1n) is 9.01. The quantitative estimate of drug-likeness (QED) is 0.745. The van der Waals surface area contributed by atoms with E-state index in [4.69, 9.17) is 14.7 Å². The van der Waals surface area contributed by atoms with Crippen LogP contribution in [-0.2, 0) is 23.0 Å². The van der Waals surface area contributed by atoms with Crippen molar-refractivity contribution in [3.63, 3.8) is 0 Å². The summed E-state index contributed by atoms with van der Waals surface area (Å²) in [4.78, 5) is 16.4. The monoisotopic (exact) mass is 369 g/mol. The van der Waals surface area contributed by atoms with E-state index in [1.54, 1.807) is 11.7 Å². The third-order valence-electron chi connectivity index (χ3n) is 4.92. The Morgan fingerprint density at radius 3 is 2.93 bits per heavy atom. The molecule has 0 spiro atoms. The zero-order valence-corrected chi connectivity index (χ0v) is 15.8. The third-order valence-corrected chi connectivity index (χ3v) is 4.92. The second-order valence-corrected chi connectivity index (χ2v) is 6.75. The Labute approximate surface area is 158 Å². The molecule has 1 saturated carbocycles. The van der Waals surface area contributed by atoms with Gasteiger partial charge in [-0.15, -0.1) is 5.10 Å². The minimum absolute atomic E-state index is 0.0279. The maximum Gasteiger partial charge on any atom is 0.308 e. The molecule has 1 fully saturated rings. The largest absolute Gasteiger partial charge is 0.489 e. The Bertz CT molecular complexity index is 871. The fourth-order valence-electron chi connectivity index (χ4n) is 3.47. The summed E-state index contributed by atoms with van der Waals surface area (Å²) in [5.41, 5.74) is 2.74. The lowest BCUT2D eigenvalue weighted by Gasteiger charge is -2.28. The predicted molar refractivity (Wildman–Crippen MR) is 96.7 cm³/mol. The summed E-state index contributed by atoms with van der Waals surface area (Å²) >= 11 is 0. The normalized spacial score (nSPS) is 19.3. The maximum absolute atomic E-state index is 11.8. The molecule has 0 N–H and O–H groups in total. The zero-order valence-electron chi connectivity index (χ0n) is 15.8. The van der Waals surface area contributed by atoms with Crippen LogP contribution in [0.3, 0.4) is 0 Å². The van der Waals surface area contributed by atoms with Crippen LogP contribution in [0.1, 0.15) is 37.1 Å². The van der Waals surface area contributed by atoms with Gasteiger partial charge < -0.3 is 9.47 Å². The first-order chi connectivity index (χ1) is 13.0. The fraction of sp³-hybridized carbons (Fsp3) is 0.526. The van der Waals surface area contributed by atoms with E-state index in [9.17, 15) is 4.79 Å². The highest BCUT2D eigenvalue weighted by Gasteiger charge is 2.29. The first kappa shape index (κ1) is 18.8. The summed E-state index contributed by atoms with van der Waals surface area (Å²) in [7, 11) is 3.18. The molecule has 3 rings (SSSR count). The van der Waals surface area contributed by atoms with Gasteiger partial charge in [-0.1, -0.05) is 5.21 Å². The molecule has 0 amide bonds. The molecule has 1 aliphatic rings. The maximum atomic E-state index is 11.8. The van der Waals surface area contributed by atoms with Crippen molar-refractivity contribution >= 4 is 5.97 Å². The summed E-state index contributed by atoms with van der Waals surface area (Å²) in [5.74, 6) is 0.426. The number of nitrogens with zero attached hydrogens (tertiary/aromatic N) is 5. The molecule has 0 aromatic carbocycles. The van der Waals surface area contributed by atoms with E-state index in [1.165, 1.54) is 7.11 Å². The van der Waals surface area contributed by atoms with Crippen molar-refractivity contribution in [2.45, 2.75) is 45.1 Å². The Morgan fingerprint density at radius 1 is 1.41 bits per heavy atom. The van der Waals surface area contributed by atoms with Crippen LogP contribution in [0.25, 0.3) is 11.4 Å². The van der Waals surface area contributed by atoms with E-state index >= 15 is 0 Å². The average molecular weight is 369 g/mol. The summed E-state index contributed by atoms with van der Waals surface area (Å²) in [6.45, 7) is 1.87. The number of hydrogen-bond acceptors (Lipinski definition) is 7. The van der Waals surface area contributed by atoms with E-state index in [2.05, 4.69) is 21.4 Å². The number of carbonyl (C=O) groups is 1. The topological polar surface area (TPSA) is 103 Å². The predicted octanol–water partition coefficient (Wildman–Crippen LogP) is 2.36. The number of esters is 1. The van der Waals surface area contributed by atoms with E-state index in [-0.39, 0.29) is 24.4 Å². The lowest BCUT2D eigenvalue weighted by molar-refractivity contribution is -0.147. The molecule has 8 heteroatoms. The molecule has 27 heavy (non-hydrogen) atoms. The molecule has 2 atom stereocenters. The number of carbonyl (C=O) groups excluding carboxylic acids is 1. The molecule has 1 aliphatic carbocycles. The molecule has 0 bridgehead atoms. The molecule has 0 radical (unpaired) electrons. The van der Waals surface area contributed by atoms with Crippen LogP contribution >= 0.6 is 0 Å². The smallest absolute Gasteiger partial charge is 0.308 e. The standard InChI is InChI=1S/C19H23N5O3/c1-12-17(27-14-6-4-5-13(11-14)19(25)26-3)8-7-15(21-12)18-16(9-10-20)24(2)23-22-18/h7-8,13-14H,4-6,9,11H2,1-3H3/t13-,14-/m0/s1. The minimum Gasteiger partial charge on any atom is -0.489 e. The molecular weight excluding hydrogens is 346 g/mol. The molecule has 2 aromatic rings.